The second kappa shape index (κ2) is 4.70. The van der Waals surface area contributed by atoms with Crippen LogP contribution in [-0.2, 0) is 18.4 Å². The van der Waals surface area contributed by atoms with Crippen molar-refractivity contribution >= 4 is 17.7 Å². The number of hydrogen-bond donors (Lipinski definition) is 2. The Morgan fingerprint density at radius 3 is 2.89 bits per heavy atom. The van der Waals surface area contributed by atoms with Crippen LogP contribution in [0.2, 0.25) is 0 Å². The first-order valence-electron chi connectivity index (χ1n) is 5.10. The molecule has 2 rings (SSSR count). The highest BCUT2D eigenvalue weighted by Gasteiger charge is 2.11. The van der Waals surface area contributed by atoms with Crippen molar-refractivity contribution in [2.75, 3.05) is 5.32 Å². The van der Waals surface area contributed by atoms with Crippen LogP contribution in [0, 0.1) is 0 Å². The molecule has 2 heterocycles. The molecule has 0 aliphatic carbocycles. The molecule has 2 aromatic rings. The number of carboxylic acids is 1. The third-order valence-corrected chi connectivity index (χ3v) is 2.15. The minimum Gasteiger partial charge on any atom is -0.480 e. The van der Waals surface area contributed by atoms with E-state index in [2.05, 4.69) is 15.5 Å². The SMILES string of the molecule is Cn1ccc(NC(=O)c2cnn(CC(=O)O)c2)n1. The average Bonchev–Trinajstić information content (AvgIpc) is 2.87. The van der Waals surface area contributed by atoms with Gasteiger partial charge in [-0.3, -0.25) is 19.0 Å². The van der Waals surface area contributed by atoms with Crippen molar-refractivity contribution in [3.63, 3.8) is 0 Å². The summed E-state index contributed by atoms with van der Waals surface area (Å²) in [6.45, 7) is -0.281. The highest BCUT2D eigenvalue weighted by atomic mass is 16.4. The van der Waals surface area contributed by atoms with Gasteiger partial charge in [0.1, 0.15) is 6.54 Å². The number of carboxylic acid groups (broad SMARTS) is 1. The Balaban J connectivity index is 2.05. The van der Waals surface area contributed by atoms with Crippen LogP contribution in [0.5, 0.6) is 0 Å². The minimum atomic E-state index is -1.02. The molecule has 0 bridgehead atoms. The zero-order valence-corrected chi connectivity index (χ0v) is 9.57. The topological polar surface area (TPSA) is 102 Å². The quantitative estimate of drug-likeness (QED) is 0.791. The summed E-state index contributed by atoms with van der Waals surface area (Å²) < 4.78 is 2.74. The van der Waals surface area contributed by atoms with E-state index in [1.54, 1.807) is 24.0 Å². The molecule has 0 saturated carbocycles. The number of carbonyl (C=O) groups excluding carboxylic acids is 1. The van der Waals surface area contributed by atoms with Gasteiger partial charge in [-0.05, 0) is 0 Å². The van der Waals surface area contributed by atoms with Crippen LogP contribution in [0.4, 0.5) is 5.82 Å². The van der Waals surface area contributed by atoms with Crippen molar-refractivity contribution in [2.45, 2.75) is 6.54 Å². The Bertz CT molecular complexity index is 586. The van der Waals surface area contributed by atoms with Gasteiger partial charge in [-0.2, -0.15) is 10.2 Å². The normalized spacial score (nSPS) is 10.3. The fourth-order valence-corrected chi connectivity index (χ4v) is 1.38. The van der Waals surface area contributed by atoms with Crippen molar-refractivity contribution in [3.05, 3.63) is 30.2 Å². The monoisotopic (exact) mass is 249 g/mol. The van der Waals surface area contributed by atoms with Crippen LogP contribution in [0.3, 0.4) is 0 Å². The van der Waals surface area contributed by atoms with Gasteiger partial charge in [0.25, 0.3) is 5.91 Å². The van der Waals surface area contributed by atoms with Crippen LogP contribution in [-0.4, -0.2) is 36.5 Å². The highest BCUT2D eigenvalue weighted by Crippen LogP contribution is 2.05. The lowest BCUT2D eigenvalue weighted by atomic mass is 10.3. The van der Waals surface area contributed by atoms with E-state index in [0.717, 1.165) is 0 Å². The van der Waals surface area contributed by atoms with E-state index in [1.165, 1.54) is 17.1 Å². The molecule has 8 heteroatoms. The molecule has 1 amide bonds. The first-order chi connectivity index (χ1) is 8.54. The van der Waals surface area contributed by atoms with Crippen LogP contribution in [0.1, 0.15) is 10.4 Å². The molecular weight excluding hydrogens is 238 g/mol. The van der Waals surface area contributed by atoms with E-state index >= 15 is 0 Å². The molecule has 0 aliphatic heterocycles. The second-order valence-electron chi connectivity index (χ2n) is 3.65. The summed E-state index contributed by atoms with van der Waals surface area (Å²) in [5.41, 5.74) is 0.280. The van der Waals surface area contributed by atoms with Crippen molar-refractivity contribution in [2.24, 2.45) is 7.05 Å². The molecule has 0 atom stereocenters. The lowest BCUT2D eigenvalue weighted by Gasteiger charge is -1.98. The molecule has 0 spiro atoms. The van der Waals surface area contributed by atoms with Gasteiger partial charge in [0.15, 0.2) is 5.82 Å². The molecule has 0 radical (unpaired) electrons. The molecule has 8 nitrogen and oxygen atoms in total. The maximum absolute atomic E-state index is 11.8. The van der Waals surface area contributed by atoms with Crippen LogP contribution >= 0.6 is 0 Å². The first-order valence-corrected chi connectivity index (χ1v) is 5.10. The van der Waals surface area contributed by atoms with Gasteiger partial charge >= 0.3 is 5.97 Å². The number of aliphatic carboxylic acids is 1. The Labute approximate surface area is 102 Å². The largest absolute Gasteiger partial charge is 0.480 e. The second-order valence-corrected chi connectivity index (χ2v) is 3.65. The fraction of sp³-hybridized carbons (Fsp3) is 0.200. The first kappa shape index (κ1) is 11.8. The summed E-state index contributed by atoms with van der Waals surface area (Å²) in [6.07, 6.45) is 4.37. The number of nitrogens with zero attached hydrogens (tertiary/aromatic N) is 4. The number of aromatic nitrogens is 4. The highest BCUT2D eigenvalue weighted by molar-refractivity contribution is 6.03. The number of anilines is 1. The van der Waals surface area contributed by atoms with Crippen molar-refractivity contribution in [3.8, 4) is 0 Å². The molecule has 0 unspecified atom stereocenters. The molecule has 0 fully saturated rings. The van der Waals surface area contributed by atoms with Gasteiger partial charge in [0.05, 0.1) is 11.8 Å². The molecule has 2 aromatic heterocycles. The molecule has 0 aliphatic rings. The standard InChI is InChI=1S/C10H11N5O3/c1-14-3-2-8(13-14)12-10(18)7-4-11-15(5-7)6-9(16)17/h2-5H,6H2,1H3,(H,16,17)(H,12,13,18). The van der Waals surface area contributed by atoms with E-state index in [-0.39, 0.29) is 18.0 Å². The average molecular weight is 249 g/mol. The number of aryl methyl sites for hydroxylation is 1. The van der Waals surface area contributed by atoms with Gasteiger partial charge < -0.3 is 10.4 Å². The predicted octanol–water partition coefficient (Wildman–Crippen LogP) is -0.0465. The third-order valence-electron chi connectivity index (χ3n) is 2.15. The van der Waals surface area contributed by atoms with Gasteiger partial charge in [-0.1, -0.05) is 0 Å². The van der Waals surface area contributed by atoms with Crippen LogP contribution < -0.4 is 5.32 Å². The molecule has 0 saturated heterocycles. The number of nitrogens with one attached hydrogen (secondary N) is 1. The fourth-order valence-electron chi connectivity index (χ4n) is 1.38. The van der Waals surface area contributed by atoms with E-state index in [9.17, 15) is 9.59 Å². The zero-order valence-electron chi connectivity index (χ0n) is 9.57. The molecule has 0 aromatic carbocycles. The summed E-state index contributed by atoms with van der Waals surface area (Å²) >= 11 is 0. The summed E-state index contributed by atoms with van der Waals surface area (Å²) in [4.78, 5) is 22.2. The molecule has 94 valence electrons. The number of carbonyl (C=O) groups is 2. The van der Waals surface area contributed by atoms with E-state index in [1.807, 2.05) is 0 Å². The van der Waals surface area contributed by atoms with Gasteiger partial charge in [0.2, 0.25) is 0 Å². The minimum absolute atomic E-state index is 0.280. The summed E-state index contributed by atoms with van der Waals surface area (Å²) in [6, 6.07) is 1.65. The number of hydrogen-bond acceptors (Lipinski definition) is 4. The van der Waals surface area contributed by atoms with E-state index in [0.29, 0.717) is 5.82 Å². The Kier molecular flexibility index (Phi) is 3.09. The summed E-state index contributed by atoms with van der Waals surface area (Å²) in [7, 11) is 1.74. The third kappa shape index (κ3) is 2.73. The lowest BCUT2D eigenvalue weighted by Crippen LogP contribution is -2.12. The van der Waals surface area contributed by atoms with Crippen molar-refractivity contribution < 1.29 is 14.7 Å². The van der Waals surface area contributed by atoms with Crippen LogP contribution in [0.15, 0.2) is 24.7 Å². The Morgan fingerprint density at radius 2 is 2.28 bits per heavy atom. The zero-order chi connectivity index (χ0) is 13.1. The molecular formula is C10H11N5O3. The lowest BCUT2D eigenvalue weighted by molar-refractivity contribution is -0.137. The summed E-state index contributed by atoms with van der Waals surface area (Å²) in [5.74, 6) is -0.978. The smallest absolute Gasteiger partial charge is 0.325 e. The Hall–Kier alpha value is -2.64. The molecule has 18 heavy (non-hydrogen) atoms. The number of rotatable bonds is 4. The Morgan fingerprint density at radius 1 is 1.50 bits per heavy atom. The number of amides is 1. The van der Waals surface area contributed by atoms with Gasteiger partial charge in [-0.25, -0.2) is 0 Å². The predicted molar refractivity (Wildman–Crippen MR) is 61.0 cm³/mol. The van der Waals surface area contributed by atoms with Crippen LogP contribution in [0.25, 0.3) is 0 Å². The maximum Gasteiger partial charge on any atom is 0.325 e. The summed E-state index contributed by atoms with van der Waals surface area (Å²) in [5, 5.41) is 18.9. The van der Waals surface area contributed by atoms with Crippen molar-refractivity contribution in [1.29, 1.82) is 0 Å². The maximum atomic E-state index is 11.8. The van der Waals surface area contributed by atoms with E-state index < -0.39 is 5.97 Å². The van der Waals surface area contributed by atoms with E-state index in [4.69, 9.17) is 5.11 Å². The van der Waals surface area contributed by atoms with Crippen molar-refractivity contribution in [1.82, 2.24) is 19.6 Å². The molecule has 2 N–H and O–H groups in total. The van der Waals surface area contributed by atoms with Gasteiger partial charge in [0, 0.05) is 25.5 Å². The van der Waals surface area contributed by atoms with Gasteiger partial charge in [-0.15, -0.1) is 0 Å².